The summed E-state index contributed by atoms with van der Waals surface area (Å²) >= 11 is 0. The van der Waals surface area contributed by atoms with Crippen LogP contribution in [0.2, 0.25) is 0 Å². The maximum atomic E-state index is 12.5. The fraction of sp³-hybridized carbons (Fsp3) is 0.280. The van der Waals surface area contributed by atoms with Crippen molar-refractivity contribution in [1.29, 1.82) is 0 Å². The molecule has 0 saturated carbocycles. The van der Waals surface area contributed by atoms with E-state index in [4.69, 9.17) is 4.74 Å². The number of hydrogen-bond donors (Lipinski definition) is 1. The molecule has 154 valence electrons. The predicted octanol–water partition coefficient (Wildman–Crippen LogP) is 3.33. The minimum Gasteiger partial charge on any atom is -0.348 e. The van der Waals surface area contributed by atoms with Crippen LogP contribution in [0, 0.1) is 25.7 Å². The van der Waals surface area contributed by atoms with Crippen molar-refractivity contribution in [2.24, 2.45) is 0 Å². The number of rotatable bonds is 6. The van der Waals surface area contributed by atoms with E-state index in [1.54, 1.807) is 0 Å². The highest BCUT2D eigenvalue weighted by Crippen LogP contribution is 2.15. The smallest absolute Gasteiger partial charge is 0.330 e. The molecule has 5 nitrogen and oxygen atoms in total. The molecule has 0 unspecified atom stereocenters. The summed E-state index contributed by atoms with van der Waals surface area (Å²) in [4.78, 5) is 27.3. The van der Waals surface area contributed by atoms with Gasteiger partial charge in [0.1, 0.15) is 13.3 Å². The number of benzene rings is 2. The lowest BCUT2D eigenvalue weighted by Gasteiger charge is -2.16. The van der Waals surface area contributed by atoms with E-state index in [0.29, 0.717) is 24.1 Å². The van der Waals surface area contributed by atoms with Crippen LogP contribution in [0.5, 0.6) is 0 Å². The zero-order valence-electron chi connectivity index (χ0n) is 17.6. The van der Waals surface area contributed by atoms with Gasteiger partial charge in [-0.3, -0.25) is 14.3 Å². The third-order valence-electron chi connectivity index (χ3n) is 4.82. The van der Waals surface area contributed by atoms with Crippen LogP contribution in [0.1, 0.15) is 40.4 Å². The highest BCUT2D eigenvalue weighted by Gasteiger charge is 2.14. The molecule has 0 aliphatic carbocycles. The molecule has 2 aromatic carbocycles. The highest BCUT2D eigenvalue weighted by atomic mass is 16.5. The molecule has 1 aromatic heterocycles. The van der Waals surface area contributed by atoms with Crippen LogP contribution in [0.3, 0.4) is 0 Å². The molecule has 0 radical (unpaired) electrons. The lowest BCUT2D eigenvalue weighted by Crippen LogP contribution is -2.36. The summed E-state index contributed by atoms with van der Waals surface area (Å²) in [5.41, 5.74) is 4.76. The van der Waals surface area contributed by atoms with E-state index in [1.165, 1.54) is 4.57 Å². The van der Waals surface area contributed by atoms with Gasteiger partial charge >= 0.3 is 5.69 Å². The molecular weight excluding hydrogens is 376 g/mol. The van der Waals surface area contributed by atoms with E-state index < -0.39 is 5.69 Å². The lowest BCUT2D eigenvalue weighted by atomic mass is 10.0. The van der Waals surface area contributed by atoms with Gasteiger partial charge in [-0.05, 0) is 38.0 Å². The van der Waals surface area contributed by atoms with Gasteiger partial charge in [-0.2, -0.15) is 0 Å². The highest BCUT2D eigenvalue weighted by molar-refractivity contribution is 5.34. The SMILES string of the molecule is CCc1c(Cc2cc(C)cc(C)c2)n(COCC#Cc2ccccc2)c(=O)[nH]c1=O. The van der Waals surface area contributed by atoms with Gasteiger partial charge in [0, 0.05) is 23.2 Å². The van der Waals surface area contributed by atoms with Crippen molar-refractivity contribution in [3.05, 3.63) is 103 Å². The van der Waals surface area contributed by atoms with Crippen molar-refractivity contribution in [2.75, 3.05) is 6.61 Å². The van der Waals surface area contributed by atoms with Crippen molar-refractivity contribution in [2.45, 2.75) is 40.3 Å². The van der Waals surface area contributed by atoms with Crippen molar-refractivity contribution in [3.63, 3.8) is 0 Å². The summed E-state index contributed by atoms with van der Waals surface area (Å²) < 4.78 is 7.16. The first-order chi connectivity index (χ1) is 14.5. The number of aromatic amines is 1. The van der Waals surface area contributed by atoms with Crippen molar-refractivity contribution >= 4 is 0 Å². The van der Waals surface area contributed by atoms with Gasteiger partial charge in [-0.15, -0.1) is 0 Å². The van der Waals surface area contributed by atoms with E-state index in [2.05, 4.69) is 35.0 Å². The van der Waals surface area contributed by atoms with Crippen LogP contribution in [-0.4, -0.2) is 16.2 Å². The van der Waals surface area contributed by atoms with Crippen molar-refractivity contribution in [3.8, 4) is 11.8 Å². The van der Waals surface area contributed by atoms with Gasteiger partial charge in [0.05, 0.1) is 0 Å². The average Bonchev–Trinajstić information content (AvgIpc) is 2.70. The number of nitrogens with zero attached hydrogens (tertiary/aromatic N) is 1. The molecule has 0 saturated heterocycles. The second-order valence-electron chi connectivity index (χ2n) is 7.28. The standard InChI is InChI=1S/C25H26N2O3/c1-4-22-23(16-21-14-18(2)13-19(3)15-21)27(25(29)26-24(22)28)17-30-12-8-11-20-9-6-5-7-10-20/h5-7,9-10,13-15H,4,12,16-17H2,1-3H3,(H,26,28,29). The van der Waals surface area contributed by atoms with E-state index >= 15 is 0 Å². The minimum atomic E-state index is -0.465. The summed E-state index contributed by atoms with van der Waals surface area (Å²) in [5, 5.41) is 0. The normalized spacial score (nSPS) is 10.5. The average molecular weight is 402 g/mol. The summed E-state index contributed by atoms with van der Waals surface area (Å²) in [6, 6.07) is 15.9. The number of H-pyrrole nitrogens is 1. The number of ether oxygens (including phenoxy) is 1. The Balaban J connectivity index is 1.85. The molecule has 3 aromatic rings. The monoisotopic (exact) mass is 402 g/mol. The van der Waals surface area contributed by atoms with Gasteiger partial charge in [-0.1, -0.05) is 66.3 Å². The molecule has 1 N–H and O–H groups in total. The maximum Gasteiger partial charge on any atom is 0.330 e. The molecule has 0 bridgehead atoms. The first kappa shape index (κ1) is 21.4. The van der Waals surface area contributed by atoms with E-state index in [9.17, 15) is 9.59 Å². The van der Waals surface area contributed by atoms with Crippen LogP contribution in [0.4, 0.5) is 0 Å². The van der Waals surface area contributed by atoms with Crippen LogP contribution < -0.4 is 11.2 Å². The topological polar surface area (TPSA) is 64.1 Å². The lowest BCUT2D eigenvalue weighted by molar-refractivity contribution is 0.0980. The number of aryl methyl sites for hydroxylation is 2. The van der Waals surface area contributed by atoms with Crippen molar-refractivity contribution in [1.82, 2.24) is 9.55 Å². The molecule has 1 heterocycles. The second kappa shape index (κ2) is 9.91. The quantitative estimate of drug-likeness (QED) is 0.508. The number of aromatic nitrogens is 2. The number of hydrogen-bond acceptors (Lipinski definition) is 3. The summed E-state index contributed by atoms with van der Waals surface area (Å²) in [6.45, 7) is 6.21. The van der Waals surface area contributed by atoms with Crippen LogP contribution in [0.25, 0.3) is 0 Å². The minimum absolute atomic E-state index is 0.0339. The Labute approximate surface area is 176 Å². The maximum absolute atomic E-state index is 12.5. The fourth-order valence-electron chi connectivity index (χ4n) is 3.57. The molecule has 30 heavy (non-hydrogen) atoms. The molecular formula is C25H26N2O3. The van der Waals surface area contributed by atoms with Crippen LogP contribution in [0.15, 0.2) is 58.1 Å². The Morgan fingerprint density at radius 3 is 2.40 bits per heavy atom. The van der Waals surface area contributed by atoms with Gasteiger partial charge in [0.25, 0.3) is 5.56 Å². The summed E-state index contributed by atoms with van der Waals surface area (Å²) in [5.74, 6) is 5.98. The zero-order chi connectivity index (χ0) is 21.5. The Morgan fingerprint density at radius 2 is 1.73 bits per heavy atom. The first-order valence-corrected chi connectivity index (χ1v) is 10.0. The summed E-state index contributed by atoms with van der Waals surface area (Å²) in [7, 11) is 0. The predicted molar refractivity (Wildman–Crippen MR) is 119 cm³/mol. The molecule has 0 aliphatic heterocycles. The van der Waals surface area contributed by atoms with E-state index in [1.807, 2.05) is 51.1 Å². The molecule has 0 fully saturated rings. The first-order valence-electron chi connectivity index (χ1n) is 10.0. The largest absolute Gasteiger partial charge is 0.348 e. The van der Waals surface area contributed by atoms with Gasteiger partial charge in [-0.25, -0.2) is 4.79 Å². The van der Waals surface area contributed by atoms with E-state index in [-0.39, 0.29) is 18.9 Å². The Bertz CT molecular complexity index is 1170. The third kappa shape index (κ3) is 5.37. The van der Waals surface area contributed by atoms with E-state index in [0.717, 1.165) is 22.3 Å². The Morgan fingerprint density at radius 1 is 1.03 bits per heavy atom. The molecule has 3 rings (SSSR count). The van der Waals surface area contributed by atoms with Crippen LogP contribution >= 0.6 is 0 Å². The molecule has 0 atom stereocenters. The van der Waals surface area contributed by atoms with Gasteiger partial charge < -0.3 is 4.74 Å². The molecule has 5 heteroatoms. The van der Waals surface area contributed by atoms with Gasteiger partial charge in [0.15, 0.2) is 0 Å². The van der Waals surface area contributed by atoms with Crippen molar-refractivity contribution < 1.29 is 4.74 Å². The van der Waals surface area contributed by atoms with Gasteiger partial charge in [0.2, 0.25) is 0 Å². The molecule has 0 amide bonds. The third-order valence-corrected chi connectivity index (χ3v) is 4.82. The fourth-order valence-corrected chi connectivity index (χ4v) is 3.57. The molecule has 0 aliphatic rings. The summed E-state index contributed by atoms with van der Waals surface area (Å²) in [6.07, 6.45) is 1.02. The molecule has 0 spiro atoms. The zero-order valence-corrected chi connectivity index (χ0v) is 17.6. The number of nitrogens with one attached hydrogen (secondary N) is 1. The Hall–Kier alpha value is -3.36. The van der Waals surface area contributed by atoms with Crippen LogP contribution in [-0.2, 0) is 24.3 Å². The Kier molecular flexibility index (Phi) is 7.05. The second-order valence-corrected chi connectivity index (χ2v) is 7.28.